The van der Waals surface area contributed by atoms with Gasteiger partial charge in [0.25, 0.3) is 5.91 Å². The van der Waals surface area contributed by atoms with Crippen LogP contribution in [0.4, 0.5) is 4.39 Å². The molecule has 8 heteroatoms. The number of fused-ring (bicyclic) bond motifs is 2. The van der Waals surface area contributed by atoms with Gasteiger partial charge in [-0.15, -0.1) is 0 Å². The minimum Gasteiger partial charge on any atom is -0.493 e. The number of amides is 1. The van der Waals surface area contributed by atoms with E-state index >= 15 is 0 Å². The van der Waals surface area contributed by atoms with E-state index in [9.17, 15) is 14.0 Å². The average molecular weight is 438 g/mol. The van der Waals surface area contributed by atoms with Crippen LogP contribution in [0.5, 0.6) is 11.5 Å². The van der Waals surface area contributed by atoms with Gasteiger partial charge in [-0.25, -0.2) is 9.18 Å². The Kier molecular flexibility index (Phi) is 5.94. The lowest BCUT2D eigenvalue weighted by atomic mass is 9.99. The first-order chi connectivity index (χ1) is 15.4. The normalized spacial score (nSPS) is 12.9. The first-order valence-electron chi connectivity index (χ1n) is 10.1. The monoisotopic (exact) mass is 438 g/mol. The number of benzene rings is 2. The van der Waals surface area contributed by atoms with Crippen LogP contribution in [0.15, 0.2) is 36.4 Å². The van der Waals surface area contributed by atoms with Gasteiger partial charge in [0.05, 0.1) is 31.0 Å². The molecule has 0 radical (unpaired) electrons. The number of carbonyl (C=O) groups excluding carboxylic acids is 2. The van der Waals surface area contributed by atoms with E-state index in [2.05, 4.69) is 4.98 Å². The van der Waals surface area contributed by atoms with Crippen molar-refractivity contribution in [2.45, 2.75) is 19.9 Å². The number of aryl methyl sites for hydroxylation is 1. The number of halogens is 1. The Balaban J connectivity index is 1.43. The summed E-state index contributed by atoms with van der Waals surface area (Å²) in [5, 5.41) is 0.618. The summed E-state index contributed by atoms with van der Waals surface area (Å²) in [6.07, 6.45) is 0.666. The standard InChI is InChI=1S/C24H23FN2O5/c1-14-19(8-16-4-5-18(25)11-20(16)26-14)24(29)32-13-23(28)27-7-6-15-9-21(30-2)22(31-3)10-17(15)12-27/h4-5,8-11H,6-7,12-13H2,1-3H3. The molecule has 0 unspecified atom stereocenters. The highest BCUT2D eigenvalue weighted by Crippen LogP contribution is 2.33. The summed E-state index contributed by atoms with van der Waals surface area (Å²) in [5.41, 5.74) is 3.17. The zero-order valence-corrected chi connectivity index (χ0v) is 18.1. The lowest BCUT2D eigenvalue weighted by Crippen LogP contribution is -2.38. The number of rotatable bonds is 5. The van der Waals surface area contributed by atoms with Gasteiger partial charge in [0, 0.05) is 24.5 Å². The summed E-state index contributed by atoms with van der Waals surface area (Å²) in [4.78, 5) is 31.2. The fourth-order valence-corrected chi connectivity index (χ4v) is 3.84. The Hall–Kier alpha value is -3.68. The quantitative estimate of drug-likeness (QED) is 0.568. The SMILES string of the molecule is COc1cc2c(cc1OC)CN(C(=O)COC(=O)c1cc3ccc(F)cc3nc1C)CC2. The molecular formula is C24H23FN2O5. The minimum absolute atomic E-state index is 0.248. The molecule has 2 aromatic carbocycles. The molecule has 7 nitrogen and oxygen atoms in total. The van der Waals surface area contributed by atoms with Crippen LogP contribution in [-0.2, 0) is 22.5 Å². The van der Waals surface area contributed by atoms with Crippen molar-refractivity contribution in [2.75, 3.05) is 27.4 Å². The molecule has 0 fully saturated rings. The van der Waals surface area contributed by atoms with Crippen LogP contribution in [0.3, 0.4) is 0 Å². The van der Waals surface area contributed by atoms with E-state index in [4.69, 9.17) is 14.2 Å². The van der Waals surface area contributed by atoms with Gasteiger partial charge in [0.1, 0.15) is 5.82 Å². The minimum atomic E-state index is -0.640. The number of methoxy groups -OCH3 is 2. The molecule has 1 aliphatic heterocycles. The second kappa shape index (κ2) is 8.82. The molecule has 0 aliphatic carbocycles. The van der Waals surface area contributed by atoms with E-state index in [0.717, 1.165) is 11.1 Å². The summed E-state index contributed by atoms with van der Waals surface area (Å²) in [6, 6.07) is 9.55. The second-order valence-corrected chi connectivity index (χ2v) is 7.58. The Bertz CT molecular complexity index is 1210. The van der Waals surface area contributed by atoms with Crippen LogP contribution < -0.4 is 9.47 Å². The van der Waals surface area contributed by atoms with Gasteiger partial charge in [-0.3, -0.25) is 9.78 Å². The second-order valence-electron chi connectivity index (χ2n) is 7.58. The highest BCUT2D eigenvalue weighted by Gasteiger charge is 2.24. The first kappa shape index (κ1) is 21.5. The van der Waals surface area contributed by atoms with Gasteiger partial charge < -0.3 is 19.1 Å². The van der Waals surface area contributed by atoms with Crippen molar-refractivity contribution >= 4 is 22.8 Å². The number of carbonyl (C=O) groups is 2. The number of hydrogen-bond acceptors (Lipinski definition) is 6. The molecule has 0 N–H and O–H groups in total. The maximum atomic E-state index is 13.4. The van der Waals surface area contributed by atoms with Gasteiger partial charge in [-0.1, -0.05) is 0 Å². The van der Waals surface area contributed by atoms with Crippen LogP contribution in [0.2, 0.25) is 0 Å². The summed E-state index contributed by atoms with van der Waals surface area (Å²) in [7, 11) is 3.15. The van der Waals surface area contributed by atoms with Gasteiger partial charge in [-0.2, -0.15) is 0 Å². The maximum absolute atomic E-state index is 13.4. The molecular weight excluding hydrogens is 415 g/mol. The predicted octanol–water partition coefficient (Wildman–Crippen LogP) is 3.44. The predicted molar refractivity (Wildman–Crippen MR) is 115 cm³/mol. The molecule has 0 spiro atoms. The largest absolute Gasteiger partial charge is 0.493 e. The van der Waals surface area contributed by atoms with Crippen molar-refractivity contribution in [3.05, 3.63) is 64.6 Å². The Labute approximate surface area is 184 Å². The van der Waals surface area contributed by atoms with Crippen molar-refractivity contribution in [1.29, 1.82) is 0 Å². The van der Waals surface area contributed by atoms with Crippen LogP contribution in [0.25, 0.3) is 10.9 Å². The topological polar surface area (TPSA) is 78.0 Å². The molecule has 4 rings (SSSR count). The lowest BCUT2D eigenvalue weighted by Gasteiger charge is -2.29. The van der Waals surface area contributed by atoms with E-state index < -0.39 is 11.8 Å². The van der Waals surface area contributed by atoms with Crippen LogP contribution in [0.1, 0.15) is 27.2 Å². The molecule has 32 heavy (non-hydrogen) atoms. The van der Waals surface area contributed by atoms with Crippen molar-refractivity contribution in [3.8, 4) is 11.5 Å². The zero-order valence-electron chi connectivity index (χ0n) is 18.1. The van der Waals surface area contributed by atoms with Gasteiger partial charge in [0.15, 0.2) is 18.1 Å². The summed E-state index contributed by atoms with van der Waals surface area (Å²) >= 11 is 0. The number of nitrogens with zero attached hydrogens (tertiary/aromatic N) is 2. The Morgan fingerprint density at radius 3 is 2.50 bits per heavy atom. The highest BCUT2D eigenvalue weighted by atomic mass is 19.1. The molecule has 0 bridgehead atoms. The first-order valence-corrected chi connectivity index (χ1v) is 10.1. The van der Waals surface area contributed by atoms with Crippen LogP contribution >= 0.6 is 0 Å². The van der Waals surface area contributed by atoms with Gasteiger partial charge in [-0.05, 0) is 54.8 Å². The van der Waals surface area contributed by atoms with Crippen LogP contribution in [-0.4, -0.2) is 49.1 Å². The average Bonchev–Trinajstić information content (AvgIpc) is 2.80. The third kappa shape index (κ3) is 4.21. The van der Waals surface area contributed by atoms with E-state index in [1.54, 1.807) is 38.2 Å². The fraction of sp³-hybridized carbons (Fsp3) is 0.292. The number of aromatic nitrogens is 1. The summed E-state index contributed by atoms with van der Waals surface area (Å²) in [6.45, 7) is 2.18. The van der Waals surface area contributed by atoms with E-state index in [1.165, 1.54) is 12.1 Å². The number of pyridine rings is 1. The van der Waals surface area contributed by atoms with Crippen molar-refractivity contribution in [2.24, 2.45) is 0 Å². The van der Waals surface area contributed by atoms with E-state index in [0.29, 0.717) is 47.6 Å². The maximum Gasteiger partial charge on any atom is 0.340 e. The third-order valence-electron chi connectivity index (χ3n) is 5.59. The number of ether oxygens (including phenoxy) is 3. The number of hydrogen-bond donors (Lipinski definition) is 0. The summed E-state index contributed by atoms with van der Waals surface area (Å²) in [5.74, 6) is -0.0664. The molecule has 1 aromatic heterocycles. The zero-order chi connectivity index (χ0) is 22.8. The summed E-state index contributed by atoms with van der Waals surface area (Å²) < 4.78 is 29.4. The molecule has 0 atom stereocenters. The highest BCUT2D eigenvalue weighted by molar-refractivity contribution is 5.96. The molecule has 3 aromatic rings. The fourth-order valence-electron chi connectivity index (χ4n) is 3.84. The smallest absolute Gasteiger partial charge is 0.340 e. The molecule has 1 aliphatic rings. The molecule has 2 heterocycles. The van der Waals surface area contributed by atoms with Gasteiger partial charge in [0.2, 0.25) is 0 Å². The van der Waals surface area contributed by atoms with Crippen molar-refractivity contribution in [3.63, 3.8) is 0 Å². The molecule has 166 valence electrons. The molecule has 0 saturated carbocycles. The van der Waals surface area contributed by atoms with Crippen LogP contribution in [0, 0.1) is 12.7 Å². The lowest BCUT2D eigenvalue weighted by molar-refractivity contribution is -0.135. The number of esters is 1. The van der Waals surface area contributed by atoms with Crippen molar-refractivity contribution < 1.29 is 28.2 Å². The third-order valence-corrected chi connectivity index (χ3v) is 5.59. The molecule has 0 saturated heterocycles. The van der Waals surface area contributed by atoms with Gasteiger partial charge >= 0.3 is 5.97 Å². The Morgan fingerprint density at radius 1 is 1.06 bits per heavy atom. The van der Waals surface area contributed by atoms with Crippen molar-refractivity contribution in [1.82, 2.24) is 9.88 Å². The van der Waals surface area contributed by atoms with E-state index in [1.807, 2.05) is 12.1 Å². The van der Waals surface area contributed by atoms with E-state index in [-0.39, 0.29) is 18.1 Å². The molecule has 1 amide bonds. The Morgan fingerprint density at radius 2 is 1.78 bits per heavy atom.